The lowest BCUT2D eigenvalue weighted by molar-refractivity contribution is 0.216. The third kappa shape index (κ3) is 5.62. The van der Waals surface area contributed by atoms with Gasteiger partial charge in [-0.2, -0.15) is 21.0 Å². The number of hydrogen-bond donors (Lipinski definition) is 4. The second-order valence-corrected chi connectivity index (χ2v) is 11.6. The lowest BCUT2D eigenvalue weighted by Crippen LogP contribution is -2.47. The zero-order valence-corrected chi connectivity index (χ0v) is 25.3. The fourth-order valence-electron chi connectivity index (χ4n) is 5.59. The van der Waals surface area contributed by atoms with Crippen LogP contribution in [0, 0.1) is 45.3 Å². The molecular formula is C34H26BClN10. The van der Waals surface area contributed by atoms with Gasteiger partial charge in [0.05, 0.1) is 62.7 Å². The van der Waals surface area contributed by atoms with Crippen molar-refractivity contribution in [3.8, 4) is 24.3 Å². The van der Waals surface area contributed by atoms with Crippen molar-refractivity contribution < 1.29 is 0 Å². The molecule has 12 heteroatoms. The normalized spacial score (nSPS) is 16.4. The van der Waals surface area contributed by atoms with Crippen LogP contribution in [0.2, 0.25) is 5.02 Å². The smallest absolute Gasteiger partial charge is 0.143 e. The minimum absolute atomic E-state index is 0.268. The van der Waals surface area contributed by atoms with Crippen molar-refractivity contribution in [3.05, 3.63) is 112 Å². The first kappa shape index (κ1) is 30.3. The molecule has 10 nitrogen and oxygen atoms in total. The summed E-state index contributed by atoms with van der Waals surface area (Å²) in [7, 11) is 7.19. The number of rotatable bonds is 10. The summed E-state index contributed by atoms with van der Waals surface area (Å²) in [5.74, 6) is 0. The molecule has 1 saturated carbocycles. The maximum Gasteiger partial charge on any atom is 0.143 e. The number of pyridine rings is 1. The molecule has 0 amide bonds. The Labute approximate surface area is 272 Å². The van der Waals surface area contributed by atoms with Crippen LogP contribution in [0.15, 0.2) is 84.8 Å². The molecule has 4 N–H and O–H groups in total. The van der Waals surface area contributed by atoms with Crippen molar-refractivity contribution in [1.82, 2.24) is 21.0 Å². The van der Waals surface area contributed by atoms with Crippen LogP contribution in [-0.2, 0) is 5.44 Å². The van der Waals surface area contributed by atoms with E-state index in [0.717, 1.165) is 5.56 Å². The van der Waals surface area contributed by atoms with Gasteiger partial charge in [-0.05, 0) is 54.7 Å². The summed E-state index contributed by atoms with van der Waals surface area (Å²) < 4.78 is 0. The van der Waals surface area contributed by atoms with Gasteiger partial charge in [0.15, 0.2) is 0 Å². The van der Waals surface area contributed by atoms with Crippen molar-refractivity contribution in [2.24, 2.45) is 0 Å². The van der Waals surface area contributed by atoms with E-state index in [1.807, 2.05) is 36.4 Å². The molecule has 2 atom stereocenters. The van der Waals surface area contributed by atoms with Crippen molar-refractivity contribution in [3.63, 3.8) is 0 Å². The average Bonchev–Trinajstić information content (AvgIpc) is 3.72. The fraction of sp³-hybridized carbons (Fsp3) is 0.206. The van der Waals surface area contributed by atoms with E-state index in [1.165, 1.54) is 6.20 Å². The number of nitriles is 4. The fourth-order valence-corrected chi connectivity index (χ4v) is 5.86. The number of nitrogens with zero attached hydrogens (tertiary/aromatic N) is 6. The Kier molecular flexibility index (Phi) is 8.14. The van der Waals surface area contributed by atoms with Crippen LogP contribution in [0.1, 0.15) is 54.0 Å². The Balaban J connectivity index is 1.46. The van der Waals surface area contributed by atoms with E-state index < -0.39 is 11.0 Å². The molecule has 0 saturated heterocycles. The Hall–Kier alpha value is -5.72. The summed E-state index contributed by atoms with van der Waals surface area (Å²) >= 11 is 6.83. The predicted molar refractivity (Wildman–Crippen MR) is 175 cm³/mol. The molecule has 1 aromatic heterocycles. The molecule has 1 fully saturated rings. The molecule has 1 aliphatic carbocycles. The Morgan fingerprint density at radius 3 is 2.54 bits per heavy atom. The molecule has 1 aliphatic heterocycles. The average molecular weight is 621 g/mol. The van der Waals surface area contributed by atoms with Gasteiger partial charge in [0.2, 0.25) is 0 Å². The van der Waals surface area contributed by atoms with Crippen molar-refractivity contribution >= 4 is 41.7 Å². The van der Waals surface area contributed by atoms with Crippen LogP contribution in [-0.4, -0.2) is 23.4 Å². The topological polar surface area (TPSA) is 159 Å². The van der Waals surface area contributed by atoms with E-state index in [0.29, 0.717) is 75.4 Å². The summed E-state index contributed by atoms with van der Waals surface area (Å²) in [6, 6.07) is 28.9. The number of anilines is 2. The summed E-state index contributed by atoms with van der Waals surface area (Å²) in [6.07, 6.45) is 5.47. The highest BCUT2D eigenvalue weighted by Gasteiger charge is 2.51. The molecule has 3 aromatic carbocycles. The molecule has 0 spiro atoms. The van der Waals surface area contributed by atoms with Gasteiger partial charge in [0, 0.05) is 29.9 Å². The molecule has 6 rings (SSSR count). The largest absolute Gasteiger partial charge is 0.378 e. The zero-order valence-electron chi connectivity index (χ0n) is 24.5. The number of benzene rings is 3. The number of aromatic nitrogens is 1. The zero-order chi connectivity index (χ0) is 32.3. The molecule has 1 unspecified atom stereocenters. The minimum atomic E-state index is -1.43. The SMILES string of the molecule is [B]C(Nc1cc(Cl)c2ncc(C#N)c(N[C@H](CCC#N)c3ccccc3)c2c1)(C1=CN(C2(C#N)CC2)NN1)c1cccc(C#N)c1. The van der Waals surface area contributed by atoms with Gasteiger partial charge in [-0.15, -0.1) is 5.53 Å². The quantitative estimate of drug-likeness (QED) is 0.161. The summed E-state index contributed by atoms with van der Waals surface area (Å²) in [4.78, 5) is 4.49. The highest BCUT2D eigenvalue weighted by molar-refractivity contribution is 6.36. The van der Waals surface area contributed by atoms with E-state index in [1.54, 1.807) is 41.5 Å². The number of hydrogen-bond acceptors (Lipinski definition) is 10. The van der Waals surface area contributed by atoms with Crippen LogP contribution >= 0.6 is 11.6 Å². The lowest BCUT2D eigenvalue weighted by atomic mass is 9.69. The summed E-state index contributed by atoms with van der Waals surface area (Å²) in [5, 5.41) is 48.4. The number of hydrazine groups is 2. The second kappa shape index (κ2) is 12.3. The number of nitrogens with one attached hydrogen (secondary N) is 4. The highest BCUT2D eigenvalue weighted by atomic mass is 35.5. The summed E-state index contributed by atoms with van der Waals surface area (Å²) in [5.41, 5.74) is 8.36. The molecule has 222 valence electrons. The van der Waals surface area contributed by atoms with E-state index in [4.69, 9.17) is 19.4 Å². The third-order valence-corrected chi connectivity index (χ3v) is 8.57. The van der Waals surface area contributed by atoms with Gasteiger partial charge in [-0.25, -0.2) is 0 Å². The first-order valence-corrected chi connectivity index (χ1v) is 14.9. The molecule has 2 heterocycles. The first-order valence-electron chi connectivity index (χ1n) is 14.6. The van der Waals surface area contributed by atoms with Crippen molar-refractivity contribution in [1.29, 1.82) is 21.0 Å². The Bertz CT molecular complexity index is 2020. The van der Waals surface area contributed by atoms with E-state index >= 15 is 0 Å². The van der Waals surface area contributed by atoms with Crippen LogP contribution in [0.25, 0.3) is 10.9 Å². The maximum atomic E-state index is 10.1. The molecule has 4 aromatic rings. The molecule has 2 radical (unpaired) electrons. The third-order valence-electron chi connectivity index (χ3n) is 8.29. The highest BCUT2D eigenvalue weighted by Crippen LogP contribution is 2.43. The van der Waals surface area contributed by atoms with E-state index in [9.17, 15) is 21.0 Å². The molecule has 46 heavy (non-hydrogen) atoms. The van der Waals surface area contributed by atoms with Gasteiger partial charge in [0.25, 0.3) is 0 Å². The van der Waals surface area contributed by atoms with Crippen molar-refractivity contribution in [2.75, 3.05) is 10.6 Å². The van der Waals surface area contributed by atoms with Gasteiger partial charge in [0.1, 0.15) is 19.5 Å². The molecular weight excluding hydrogens is 595 g/mol. The van der Waals surface area contributed by atoms with Crippen LogP contribution in [0.4, 0.5) is 11.4 Å². The van der Waals surface area contributed by atoms with Crippen LogP contribution < -0.4 is 21.6 Å². The second-order valence-electron chi connectivity index (χ2n) is 11.2. The number of fused-ring (bicyclic) bond motifs is 1. The molecule has 2 aliphatic rings. The summed E-state index contributed by atoms with van der Waals surface area (Å²) in [6.45, 7) is 0. The van der Waals surface area contributed by atoms with Gasteiger partial charge in [-0.3, -0.25) is 9.99 Å². The Morgan fingerprint density at radius 2 is 1.85 bits per heavy atom. The van der Waals surface area contributed by atoms with Gasteiger partial charge < -0.3 is 16.1 Å². The maximum absolute atomic E-state index is 10.1. The Morgan fingerprint density at radius 1 is 1.04 bits per heavy atom. The van der Waals surface area contributed by atoms with E-state index in [2.05, 4.69) is 50.9 Å². The lowest BCUT2D eigenvalue weighted by Gasteiger charge is -2.34. The van der Waals surface area contributed by atoms with Gasteiger partial charge >= 0.3 is 0 Å². The van der Waals surface area contributed by atoms with Crippen LogP contribution in [0.5, 0.6) is 0 Å². The first-order chi connectivity index (χ1) is 22.3. The van der Waals surface area contributed by atoms with Gasteiger partial charge in [-0.1, -0.05) is 54.1 Å². The minimum Gasteiger partial charge on any atom is -0.378 e. The van der Waals surface area contributed by atoms with Crippen LogP contribution in [0.3, 0.4) is 0 Å². The van der Waals surface area contributed by atoms with Crippen molar-refractivity contribution in [2.45, 2.75) is 42.7 Å². The standard InChI is InChI=1S/C34H26BClN10/c35-34(25-9-4-6-22(14-25)17-38,30-20-46(45-44-30)33(21-40)11-12-33)43-26-15-27-31(24(18-39)19-41-32(27)28(36)16-26)42-29(10-5-13-37)23-7-2-1-3-8-23/h1-4,6-9,14-16,19-20,29,43-45H,5,10-12H2,(H,41,42)/t29-,34?/m1/s1. The molecule has 0 bridgehead atoms. The van der Waals surface area contributed by atoms with E-state index in [-0.39, 0.29) is 6.04 Å². The monoisotopic (exact) mass is 620 g/mol. The predicted octanol–water partition coefficient (Wildman–Crippen LogP) is 5.74. The number of halogens is 1.